The molecule has 1 rings (SSSR count). The van der Waals surface area contributed by atoms with E-state index in [0.717, 1.165) is 5.56 Å². The third-order valence-corrected chi connectivity index (χ3v) is 2.07. The highest BCUT2D eigenvalue weighted by atomic mass is 35.5. The molecule has 1 aromatic rings. The molecule has 1 N–H and O–H groups in total. The first kappa shape index (κ1) is 10.1. The molecule has 0 aliphatic heterocycles. The van der Waals surface area contributed by atoms with Gasteiger partial charge >= 0.3 is 0 Å². The van der Waals surface area contributed by atoms with E-state index in [1.807, 2.05) is 12.1 Å². The number of terminal acetylenes is 1. The fourth-order valence-corrected chi connectivity index (χ4v) is 1.20. The molecule has 0 aliphatic rings. The van der Waals surface area contributed by atoms with Gasteiger partial charge in [-0.15, -0.1) is 12.3 Å². The molecule has 1 atom stereocenters. The van der Waals surface area contributed by atoms with Crippen LogP contribution in [0, 0.1) is 12.3 Å². The molecule has 0 radical (unpaired) electrons. The fourth-order valence-electron chi connectivity index (χ4n) is 1.07. The quantitative estimate of drug-likeness (QED) is 0.734. The first-order valence-electron chi connectivity index (χ1n) is 4.11. The van der Waals surface area contributed by atoms with Crippen molar-refractivity contribution in [1.29, 1.82) is 0 Å². The van der Waals surface area contributed by atoms with Gasteiger partial charge < -0.3 is 5.11 Å². The number of halogens is 1. The minimum Gasteiger partial charge on any atom is -0.388 e. The molecular weight excluding hydrogens is 184 g/mol. The Morgan fingerprint density at radius 2 is 2.00 bits per heavy atom. The van der Waals surface area contributed by atoms with Gasteiger partial charge in [0, 0.05) is 11.4 Å². The van der Waals surface area contributed by atoms with E-state index in [1.165, 1.54) is 0 Å². The lowest BCUT2D eigenvalue weighted by atomic mass is 10.1. The molecule has 0 bridgehead atoms. The van der Waals surface area contributed by atoms with Crippen LogP contribution in [0.15, 0.2) is 24.3 Å². The van der Waals surface area contributed by atoms with E-state index < -0.39 is 6.10 Å². The zero-order valence-electron chi connectivity index (χ0n) is 7.20. The van der Waals surface area contributed by atoms with E-state index >= 15 is 0 Å². The minimum atomic E-state index is -0.478. The Balaban J connectivity index is 2.62. The van der Waals surface area contributed by atoms with Crippen molar-refractivity contribution in [3.05, 3.63) is 34.9 Å². The summed E-state index contributed by atoms with van der Waals surface area (Å²) in [6, 6.07) is 7.14. The van der Waals surface area contributed by atoms with E-state index in [0.29, 0.717) is 17.9 Å². The van der Waals surface area contributed by atoms with E-state index in [-0.39, 0.29) is 0 Å². The summed E-state index contributed by atoms with van der Waals surface area (Å²) >= 11 is 5.71. The van der Waals surface area contributed by atoms with Crippen molar-refractivity contribution < 1.29 is 5.11 Å². The Morgan fingerprint density at radius 1 is 1.38 bits per heavy atom. The van der Waals surface area contributed by atoms with Gasteiger partial charge in [-0.2, -0.15) is 0 Å². The molecule has 0 saturated heterocycles. The predicted octanol–water partition coefficient (Wildman–Crippen LogP) is 2.79. The molecule has 0 amide bonds. The van der Waals surface area contributed by atoms with Gasteiger partial charge in [0.25, 0.3) is 0 Å². The number of hydrogen-bond donors (Lipinski definition) is 1. The number of aliphatic hydroxyl groups is 1. The van der Waals surface area contributed by atoms with Crippen LogP contribution in [-0.4, -0.2) is 5.11 Å². The Kier molecular flexibility index (Phi) is 3.82. The second-order valence-corrected chi connectivity index (χ2v) is 3.25. The molecule has 0 fully saturated rings. The van der Waals surface area contributed by atoms with Gasteiger partial charge in [-0.1, -0.05) is 23.7 Å². The zero-order chi connectivity index (χ0) is 9.68. The molecule has 68 valence electrons. The summed E-state index contributed by atoms with van der Waals surface area (Å²) in [7, 11) is 0. The summed E-state index contributed by atoms with van der Waals surface area (Å²) in [5, 5.41) is 10.3. The van der Waals surface area contributed by atoms with Crippen molar-refractivity contribution in [2.24, 2.45) is 0 Å². The van der Waals surface area contributed by atoms with Gasteiger partial charge in [-0.25, -0.2) is 0 Å². The number of rotatable bonds is 3. The molecule has 0 aromatic heterocycles. The van der Waals surface area contributed by atoms with Crippen LogP contribution >= 0.6 is 11.6 Å². The summed E-state index contributed by atoms with van der Waals surface area (Å²) < 4.78 is 0. The van der Waals surface area contributed by atoms with Crippen molar-refractivity contribution >= 4 is 11.6 Å². The largest absolute Gasteiger partial charge is 0.388 e. The third-order valence-electron chi connectivity index (χ3n) is 1.82. The Bertz CT molecular complexity index is 297. The van der Waals surface area contributed by atoms with E-state index in [1.54, 1.807) is 12.1 Å². The van der Waals surface area contributed by atoms with Crippen molar-refractivity contribution in [2.45, 2.75) is 18.9 Å². The van der Waals surface area contributed by atoms with Gasteiger partial charge in [0.15, 0.2) is 0 Å². The van der Waals surface area contributed by atoms with Crippen molar-refractivity contribution in [2.75, 3.05) is 0 Å². The van der Waals surface area contributed by atoms with E-state index in [2.05, 4.69) is 5.92 Å². The molecule has 13 heavy (non-hydrogen) atoms. The van der Waals surface area contributed by atoms with Gasteiger partial charge in [-0.05, 0) is 24.1 Å². The highest BCUT2D eigenvalue weighted by Crippen LogP contribution is 2.19. The lowest BCUT2D eigenvalue weighted by Gasteiger charge is -2.08. The third kappa shape index (κ3) is 3.10. The average Bonchev–Trinajstić information content (AvgIpc) is 2.15. The summed E-state index contributed by atoms with van der Waals surface area (Å²) in [5.41, 5.74) is 0.861. The fraction of sp³-hybridized carbons (Fsp3) is 0.273. The first-order chi connectivity index (χ1) is 6.24. The van der Waals surface area contributed by atoms with Crippen molar-refractivity contribution in [3.63, 3.8) is 0 Å². The molecule has 1 aromatic carbocycles. The van der Waals surface area contributed by atoms with Crippen molar-refractivity contribution in [3.8, 4) is 12.3 Å². The molecule has 2 heteroatoms. The first-order valence-corrected chi connectivity index (χ1v) is 4.49. The van der Waals surface area contributed by atoms with E-state index in [4.69, 9.17) is 18.0 Å². The molecular formula is C11H11ClO. The highest BCUT2D eigenvalue weighted by Gasteiger charge is 2.05. The molecule has 0 saturated carbocycles. The van der Waals surface area contributed by atoms with Gasteiger partial charge in [0.05, 0.1) is 6.10 Å². The summed E-state index contributed by atoms with van der Waals surface area (Å²) in [5.74, 6) is 2.49. The SMILES string of the molecule is C#CCCC(O)c1ccc(Cl)cc1. The highest BCUT2D eigenvalue weighted by molar-refractivity contribution is 6.30. The van der Waals surface area contributed by atoms with Crippen LogP contribution in [0.5, 0.6) is 0 Å². The maximum absolute atomic E-state index is 9.60. The predicted molar refractivity (Wildman–Crippen MR) is 54.5 cm³/mol. The smallest absolute Gasteiger partial charge is 0.0799 e. The molecule has 1 nitrogen and oxygen atoms in total. The van der Waals surface area contributed by atoms with Crippen LogP contribution in [0.1, 0.15) is 24.5 Å². The van der Waals surface area contributed by atoms with Crippen LogP contribution in [0.4, 0.5) is 0 Å². The monoisotopic (exact) mass is 194 g/mol. The molecule has 1 unspecified atom stereocenters. The zero-order valence-corrected chi connectivity index (χ0v) is 7.96. The maximum Gasteiger partial charge on any atom is 0.0799 e. The molecule has 0 aliphatic carbocycles. The average molecular weight is 195 g/mol. The van der Waals surface area contributed by atoms with Crippen LogP contribution in [0.2, 0.25) is 5.02 Å². The standard InChI is InChI=1S/C11H11ClO/c1-2-3-4-11(13)9-5-7-10(12)8-6-9/h1,5-8,11,13H,3-4H2. The number of benzene rings is 1. The van der Waals surface area contributed by atoms with Crippen LogP contribution in [0.25, 0.3) is 0 Å². The lowest BCUT2D eigenvalue weighted by Crippen LogP contribution is -1.95. The number of hydrogen-bond acceptors (Lipinski definition) is 1. The summed E-state index contributed by atoms with van der Waals surface area (Å²) in [6.07, 6.45) is 5.80. The van der Waals surface area contributed by atoms with Gasteiger partial charge in [0.1, 0.15) is 0 Å². The minimum absolute atomic E-state index is 0.478. The molecule has 0 heterocycles. The Hall–Kier alpha value is -0.970. The maximum atomic E-state index is 9.60. The topological polar surface area (TPSA) is 20.2 Å². The van der Waals surface area contributed by atoms with Crippen molar-refractivity contribution in [1.82, 2.24) is 0 Å². The van der Waals surface area contributed by atoms with Crippen LogP contribution in [0.3, 0.4) is 0 Å². The summed E-state index contributed by atoms with van der Waals surface area (Å²) in [4.78, 5) is 0. The Labute approximate surface area is 83.4 Å². The van der Waals surface area contributed by atoms with Crippen LogP contribution in [-0.2, 0) is 0 Å². The normalized spacial score (nSPS) is 12.1. The van der Waals surface area contributed by atoms with Crippen LogP contribution < -0.4 is 0 Å². The van der Waals surface area contributed by atoms with E-state index in [9.17, 15) is 5.11 Å². The second kappa shape index (κ2) is 4.91. The number of aliphatic hydroxyl groups excluding tert-OH is 1. The van der Waals surface area contributed by atoms with Gasteiger partial charge in [0.2, 0.25) is 0 Å². The molecule has 0 spiro atoms. The second-order valence-electron chi connectivity index (χ2n) is 2.81. The lowest BCUT2D eigenvalue weighted by molar-refractivity contribution is 0.169. The Morgan fingerprint density at radius 3 is 2.54 bits per heavy atom. The summed E-state index contributed by atoms with van der Waals surface area (Å²) in [6.45, 7) is 0. The van der Waals surface area contributed by atoms with Gasteiger partial charge in [-0.3, -0.25) is 0 Å².